The molecule has 86 valence electrons. The van der Waals surface area contributed by atoms with Crippen molar-refractivity contribution in [1.29, 1.82) is 0 Å². The quantitative estimate of drug-likeness (QED) is 0.397. The first-order valence-corrected chi connectivity index (χ1v) is 6.88. The van der Waals surface area contributed by atoms with Crippen LogP contribution in [-0.2, 0) is 0 Å². The van der Waals surface area contributed by atoms with Crippen molar-refractivity contribution < 1.29 is 0 Å². The van der Waals surface area contributed by atoms with E-state index in [1.165, 1.54) is 26.2 Å². The molecule has 0 spiro atoms. The highest BCUT2D eigenvalue weighted by Crippen LogP contribution is 2.40. The lowest BCUT2D eigenvalue weighted by atomic mass is 10.0. The Morgan fingerprint density at radius 2 is 1.83 bits per heavy atom. The molecule has 0 aliphatic carbocycles. The summed E-state index contributed by atoms with van der Waals surface area (Å²) in [6.07, 6.45) is 1.78. The first-order valence-electron chi connectivity index (χ1n) is 5.69. The molecule has 0 atom stereocenters. The van der Waals surface area contributed by atoms with Crippen molar-refractivity contribution in [3.05, 3.63) is 53.8 Å². The van der Waals surface area contributed by atoms with E-state index in [0.717, 1.165) is 4.70 Å². The average molecular weight is 270 g/mol. The molecule has 2 heterocycles. The number of aromatic nitrogens is 1. The standard InChI is InChI=1S/C15H8ClNS/c16-15-14-11(7-8-17-15)13-10-4-2-1-3-9(10)5-6-12(13)18-14/h1-8H. The minimum absolute atomic E-state index is 0.595. The van der Waals surface area contributed by atoms with Gasteiger partial charge < -0.3 is 0 Å². The van der Waals surface area contributed by atoms with Crippen LogP contribution in [0.15, 0.2) is 48.7 Å². The van der Waals surface area contributed by atoms with Gasteiger partial charge in [-0.1, -0.05) is 41.9 Å². The zero-order chi connectivity index (χ0) is 12.1. The summed E-state index contributed by atoms with van der Waals surface area (Å²) in [7, 11) is 0. The number of hydrogen-bond acceptors (Lipinski definition) is 2. The molecule has 0 unspecified atom stereocenters. The molecule has 3 heteroatoms. The van der Waals surface area contributed by atoms with Gasteiger partial charge >= 0.3 is 0 Å². The molecule has 0 N–H and O–H groups in total. The molecule has 0 saturated carbocycles. The maximum Gasteiger partial charge on any atom is 0.146 e. The maximum atomic E-state index is 6.18. The minimum Gasteiger partial charge on any atom is -0.243 e. The van der Waals surface area contributed by atoms with E-state index < -0.39 is 0 Å². The third-order valence-electron chi connectivity index (χ3n) is 3.23. The molecule has 0 bridgehead atoms. The van der Waals surface area contributed by atoms with Gasteiger partial charge in [-0.05, 0) is 22.9 Å². The van der Waals surface area contributed by atoms with E-state index in [0.29, 0.717) is 5.15 Å². The smallest absolute Gasteiger partial charge is 0.146 e. The van der Waals surface area contributed by atoms with E-state index in [9.17, 15) is 0 Å². The second-order valence-corrected chi connectivity index (χ2v) is 5.65. The number of rotatable bonds is 0. The van der Waals surface area contributed by atoms with E-state index in [4.69, 9.17) is 11.6 Å². The van der Waals surface area contributed by atoms with Gasteiger partial charge in [-0.3, -0.25) is 0 Å². The summed E-state index contributed by atoms with van der Waals surface area (Å²) in [5.74, 6) is 0. The highest BCUT2D eigenvalue weighted by atomic mass is 35.5. The van der Waals surface area contributed by atoms with Gasteiger partial charge in [0.2, 0.25) is 0 Å². The molecule has 1 nitrogen and oxygen atoms in total. The van der Waals surface area contributed by atoms with Gasteiger partial charge in [0, 0.05) is 21.7 Å². The van der Waals surface area contributed by atoms with E-state index >= 15 is 0 Å². The lowest BCUT2D eigenvalue weighted by molar-refractivity contribution is 1.37. The number of nitrogens with zero attached hydrogens (tertiary/aromatic N) is 1. The van der Waals surface area contributed by atoms with Crippen LogP contribution in [0.1, 0.15) is 0 Å². The Balaban J connectivity index is 2.37. The molecule has 0 fully saturated rings. The van der Waals surface area contributed by atoms with Crippen LogP contribution in [0.2, 0.25) is 5.15 Å². The topological polar surface area (TPSA) is 12.9 Å². The Bertz CT molecular complexity index is 895. The summed E-state index contributed by atoms with van der Waals surface area (Å²) in [5.41, 5.74) is 0. The van der Waals surface area contributed by atoms with Crippen molar-refractivity contribution in [2.45, 2.75) is 0 Å². The van der Waals surface area contributed by atoms with Crippen LogP contribution < -0.4 is 0 Å². The lowest BCUT2D eigenvalue weighted by Crippen LogP contribution is -1.75. The first kappa shape index (κ1) is 10.3. The van der Waals surface area contributed by atoms with Gasteiger partial charge in [0.25, 0.3) is 0 Å². The molecule has 0 amide bonds. The number of benzene rings is 2. The lowest BCUT2D eigenvalue weighted by Gasteiger charge is -1.99. The van der Waals surface area contributed by atoms with Crippen LogP contribution in [0.4, 0.5) is 0 Å². The fraction of sp³-hybridized carbons (Fsp3) is 0. The molecule has 0 radical (unpaired) electrons. The Kier molecular flexibility index (Phi) is 2.10. The number of pyridine rings is 1. The second-order valence-electron chi connectivity index (χ2n) is 4.24. The van der Waals surface area contributed by atoms with Crippen LogP contribution in [0, 0.1) is 0 Å². The van der Waals surface area contributed by atoms with E-state index in [2.05, 4.69) is 41.4 Å². The molecule has 4 rings (SSSR count). The predicted molar refractivity (Wildman–Crippen MR) is 79.6 cm³/mol. The maximum absolute atomic E-state index is 6.18. The molecule has 2 aromatic heterocycles. The third-order valence-corrected chi connectivity index (χ3v) is 4.81. The summed E-state index contributed by atoms with van der Waals surface area (Å²) >= 11 is 7.89. The van der Waals surface area contributed by atoms with Crippen molar-refractivity contribution in [1.82, 2.24) is 4.98 Å². The van der Waals surface area contributed by atoms with Gasteiger partial charge in [-0.25, -0.2) is 4.98 Å². The van der Waals surface area contributed by atoms with Crippen molar-refractivity contribution >= 4 is 53.9 Å². The summed E-state index contributed by atoms with van der Waals surface area (Å²) in [4.78, 5) is 4.16. The van der Waals surface area contributed by atoms with Gasteiger partial charge in [-0.15, -0.1) is 11.3 Å². The monoisotopic (exact) mass is 269 g/mol. The largest absolute Gasteiger partial charge is 0.243 e. The molecule has 18 heavy (non-hydrogen) atoms. The zero-order valence-electron chi connectivity index (χ0n) is 9.35. The van der Waals surface area contributed by atoms with E-state index in [1.54, 1.807) is 17.5 Å². The number of hydrogen-bond donors (Lipinski definition) is 0. The highest BCUT2D eigenvalue weighted by Gasteiger charge is 2.10. The van der Waals surface area contributed by atoms with Crippen molar-refractivity contribution in [3.63, 3.8) is 0 Å². The van der Waals surface area contributed by atoms with Gasteiger partial charge in [0.1, 0.15) is 5.15 Å². The molecular formula is C15H8ClNS. The highest BCUT2D eigenvalue weighted by molar-refractivity contribution is 7.26. The van der Waals surface area contributed by atoms with Crippen molar-refractivity contribution in [3.8, 4) is 0 Å². The van der Waals surface area contributed by atoms with Crippen molar-refractivity contribution in [2.75, 3.05) is 0 Å². The Hall–Kier alpha value is -1.64. The van der Waals surface area contributed by atoms with Gasteiger partial charge in [0.05, 0.1) is 4.70 Å². The summed E-state index contributed by atoms with van der Waals surface area (Å²) in [6.45, 7) is 0. The first-order chi connectivity index (χ1) is 8.84. The van der Waals surface area contributed by atoms with Crippen LogP contribution in [0.25, 0.3) is 30.9 Å². The minimum atomic E-state index is 0.595. The average Bonchev–Trinajstić information content (AvgIpc) is 2.79. The van der Waals surface area contributed by atoms with E-state index in [1.807, 2.05) is 6.07 Å². The molecule has 0 aliphatic heterocycles. The predicted octanol–water partition coefficient (Wildman–Crippen LogP) is 5.26. The SMILES string of the molecule is Clc1nccc2c1sc1ccc3ccccc3c12. The van der Waals surface area contributed by atoms with Crippen LogP contribution in [0.5, 0.6) is 0 Å². The summed E-state index contributed by atoms with van der Waals surface area (Å²) in [5, 5.41) is 5.63. The Labute approximate surface area is 113 Å². The van der Waals surface area contributed by atoms with Crippen LogP contribution in [0.3, 0.4) is 0 Å². The summed E-state index contributed by atoms with van der Waals surface area (Å²) < 4.78 is 2.34. The molecular weight excluding hydrogens is 262 g/mol. The fourth-order valence-corrected chi connectivity index (χ4v) is 3.81. The number of halogens is 1. The molecule has 4 aromatic rings. The summed E-state index contributed by atoms with van der Waals surface area (Å²) in [6, 6.07) is 14.8. The Morgan fingerprint density at radius 3 is 2.78 bits per heavy atom. The molecule has 2 aromatic carbocycles. The van der Waals surface area contributed by atoms with Gasteiger partial charge in [0.15, 0.2) is 0 Å². The zero-order valence-corrected chi connectivity index (χ0v) is 10.9. The normalized spacial score (nSPS) is 11.6. The number of thiophene rings is 1. The molecule has 0 saturated heterocycles. The third kappa shape index (κ3) is 1.30. The fourth-order valence-electron chi connectivity index (χ4n) is 2.44. The van der Waals surface area contributed by atoms with Crippen LogP contribution >= 0.6 is 22.9 Å². The molecule has 0 aliphatic rings. The van der Waals surface area contributed by atoms with E-state index in [-0.39, 0.29) is 0 Å². The van der Waals surface area contributed by atoms with Crippen molar-refractivity contribution in [2.24, 2.45) is 0 Å². The second kappa shape index (κ2) is 3.67. The number of fused-ring (bicyclic) bond motifs is 5. The van der Waals surface area contributed by atoms with Crippen LogP contribution in [-0.4, -0.2) is 4.98 Å². The van der Waals surface area contributed by atoms with Gasteiger partial charge in [-0.2, -0.15) is 0 Å². The Morgan fingerprint density at radius 1 is 0.944 bits per heavy atom.